The van der Waals surface area contributed by atoms with Gasteiger partial charge in [0.1, 0.15) is 18.5 Å². The van der Waals surface area contributed by atoms with Crippen molar-refractivity contribution >= 4 is 16.8 Å². The van der Waals surface area contributed by atoms with E-state index in [-0.39, 0.29) is 12.4 Å². The standard InChI is InChI=1S/C18H25NO4.C6H4/c1-5-15-17(12(4)20)14-7-6-8-16(18(14)23-15)22-10-13(21)9-19-11(2)3;1-2-6-4-3-5(1)6/h6-8,11,13,19,21H,5,9-10H2,1-4H3;1-4H. The third-order valence-electron chi connectivity index (χ3n) is 4.84. The van der Waals surface area contributed by atoms with Crippen LogP contribution in [0.2, 0.25) is 0 Å². The number of hydrogen-bond acceptors (Lipinski definition) is 5. The number of ketones is 1. The Labute approximate surface area is 171 Å². The summed E-state index contributed by atoms with van der Waals surface area (Å²) in [6.07, 6.45) is 0.0322. The Morgan fingerprint density at radius 2 is 1.79 bits per heavy atom. The quantitative estimate of drug-likeness (QED) is 0.427. The van der Waals surface area contributed by atoms with Crippen molar-refractivity contribution in [2.75, 3.05) is 13.2 Å². The largest absolute Gasteiger partial charge is 0.487 e. The summed E-state index contributed by atoms with van der Waals surface area (Å²) in [5.41, 5.74) is 4.04. The normalized spacial score (nSPS) is 12.5. The second-order valence-electron chi connectivity index (χ2n) is 7.55. The minimum Gasteiger partial charge on any atom is -0.487 e. The van der Waals surface area contributed by atoms with E-state index in [0.717, 1.165) is 5.39 Å². The minimum absolute atomic E-state index is 0.0149. The van der Waals surface area contributed by atoms with Crippen LogP contribution in [0.3, 0.4) is 0 Å². The number of aryl methyl sites for hydroxylation is 1. The highest BCUT2D eigenvalue weighted by atomic mass is 16.5. The number of furan rings is 1. The fourth-order valence-electron chi connectivity index (χ4n) is 3.17. The van der Waals surface area contributed by atoms with Gasteiger partial charge in [-0.25, -0.2) is 0 Å². The summed E-state index contributed by atoms with van der Waals surface area (Å²) in [7, 11) is 0. The fraction of sp³-hybridized carbons (Fsp3) is 0.375. The Morgan fingerprint density at radius 1 is 1.14 bits per heavy atom. The van der Waals surface area contributed by atoms with E-state index < -0.39 is 6.10 Å². The zero-order valence-corrected chi connectivity index (χ0v) is 17.5. The monoisotopic (exact) mass is 395 g/mol. The summed E-state index contributed by atoms with van der Waals surface area (Å²) in [4.78, 5) is 11.9. The summed E-state index contributed by atoms with van der Waals surface area (Å²) in [6, 6.07) is 14.3. The lowest BCUT2D eigenvalue weighted by molar-refractivity contribution is 0.101. The van der Waals surface area contributed by atoms with Crippen LogP contribution < -0.4 is 10.1 Å². The number of benzene rings is 2. The number of nitrogens with one attached hydrogen (secondary N) is 1. The molecule has 5 heteroatoms. The molecule has 29 heavy (non-hydrogen) atoms. The van der Waals surface area contributed by atoms with Gasteiger partial charge in [0.05, 0.1) is 5.56 Å². The second kappa shape index (κ2) is 9.25. The molecule has 2 aliphatic rings. The van der Waals surface area contributed by atoms with E-state index in [2.05, 4.69) is 29.6 Å². The van der Waals surface area contributed by atoms with Crippen molar-refractivity contribution in [3.05, 3.63) is 53.8 Å². The molecule has 0 aliphatic heterocycles. The summed E-state index contributed by atoms with van der Waals surface area (Å²) in [5.74, 6) is 1.21. The predicted molar refractivity (Wildman–Crippen MR) is 116 cm³/mol. The van der Waals surface area contributed by atoms with Gasteiger partial charge in [-0.05, 0) is 24.1 Å². The molecule has 2 aliphatic carbocycles. The highest BCUT2D eigenvalue weighted by molar-refractivity contribution is 6.08. The number of hydrogen-bond donors (Lipinski definition) is 2. The molecule has 1 aromatic carbocycles. The van der Waals surface area contributed by atoms with E-state index in [1.807, 2.05) is 32.9 Å². The number of carbonyl (C=O) groups is 1. The molecule has 1 aromatic heterocycles. The van der Waals surface area contributed by atoms with Gasteiger partial charge in [0.15, 0.2) is 17.1 Å². The molecule has 1 heterocycles. The van der Waals surface area contributed by atoms with Crippen molar-refractivity contribution in [2.45, 2.75) is 46.3 Å². The first kappa shape index (κ1) is 21.1. The molecule has 2 aromatic rings. The van der Waals surface area contributed by atoms with Crippen molar-refractivity contribution in [1.82, 2.24) is 5.32 Å². The van der Waals surface area contributed by atoms with Gasteiger partial charge >= 0.3 is 0 Å². The predicted octanol–water partition coefficient (Wildman–Crippen LogP) is 4.60. The molecule has 0 saturated heterocycles. The van der Waals surface area contributed by atoms with Gasteiger partial charge in [-0.1, -0.05) is 57.2 Å². The smallest absolute Gasteiger partial charge is 0.176 e. The molecular formula is C24H29NO4. The van der Waals surface area contributed by atoms with Gasteiger partial charge in [-0.2, -0.15) is 0 Å². The molecule has 1 atom stereocenters. The van der Waals surface area contributed by atoms with E-state index in [0.29, 0.717) is 41.7 Å². The van der Waals surface area contributed by atoms with Crippen LogP contribution in [0, 0.1) is 0 Å². The van der Waals surface area contributed by atoms with Crippen molar-refractivity contribution in [3.8, 4) is 16.9 Å². The van der Waals surface area contributed by atoms with E-state index in [1.54, 1.807) is 13.0 Å². The molecule has 154 valence electrons. The average molecular weight is 395 g/mol. The third-order valence-corrected chi connectivity index (χ3v) is 4.84. The van der Waals surface area contributed by atoms with Gasteiger partial charge in [-0.15, -0.1) is 0 Å². The van der Waals surface area contributed by atoms with Crippen molar-refractivity contribution in [1.29, 1.82) is 0 Å². The molecule has 0 amide bonds. The molecule has 0 saturated carbocycles. The van der Waals surface area contributed by atoms with Gasteiger partial charge in [0.2, 0.25) is 0 Å². The Kier molecular flexibility index (Phi) is 6.72. The Hall–Kier alpha value is -2.63. The molecule has 2 N–H and O–H groups in total. The molecule has 0 radical (unpaired) electrons. The number of Topliss-reactive ketones (excluding diaryl/α,β-unsaturated/α-hetero) is 1. The number of aliphatic hydroxyl groups excluding tert-OH is 1. The van der Waals surface area contributed by atoms with Crippen LogP contribution in [0.1, 0.15) is 43.8 Å². The van der Waals surface area contributed by atoms with Crippen molar-refractivity contribution < 1.29 is 19.1 Å². The van der Waals surface area contributed by atoms with Crippen LogP contribution in [-0.2, 0) is 6.42 Å². The lowest BCUT2D eigenvalue weighted by atomic mass is 9.95. The van der Waals surface area contributed by atoms with E-state index in [9.17, 15) is 9.90 Å². The zero-order valence-electron chi connectivity index (χ0n) is 17.5. The lowest BCUT2D eigenvalue weighted by Gasteiger charge is -2.15. The second-order valence-corrected chi connectivity index (χ2v) is 7.55. The van der Waals surface area contributed by atoms with Crippen LogP contribution in [0.5, 0.6) is 5.75 Å². The van der Waals surface area contributed by atoms with E-state index in [1.165, 1.54) is 11.1 Å². The molecule has 5 nitrogen and oxygen atoms in total. The maximum Gasteiger partial charge on any atom is 0.176 e. The number of ether oxygens (including phenoxy) is 1. The van der Waals surface area contributed by atoms with E-state index >= 15 is 0 Å². The maximum atomic E-state index is 11.9. The number of carbonyl (C=O) groups excluding carboxylic acids is 1. The average Bonchev–Trinajstić information content (AvgIpc) is 3.07. The Balaban J connectivity index is 0.000000334. The van der Waals surface area contributed by atoms with Crippen LogP contribution in [0.15, 0.2) is 46.9 Å². The van der Waals surface area contributed by atoms with Crippen molar-refractivity contribution in [2.24, 2.45) is 0 Å². The molecule has 0 spiro atoms. The maximum absolute atomic E-state index is 11.9. The zero-order chi connectivity index (χ0) is 21.0. The third kappa shape index (κ3) is 4.86. The van der Waals surface area contributed by atoms with Crippen molar-refractivity contribution in [3.63, 3.8) is 0 Å². The Bertz CT molecular complexity index is 951. The van der Waals surface area contributed by atoms with Crippen LogP contribution in [0.4, 0.5) is 0 Å². The van der Waals surface area contributed by atoms with Gasteiger partial charge in [-0.3, -0.25) is 4.79 Å². The number of para-hydroxylation sites is 1. The molecule has 1 unspecified atom stereocenters. The SMILES string of the molecule is CCc1oc2c(OCC(O)CNC(C)C)cccc2c1C(C)=O.c1cc2ccc1-2. The first-order valence-corrected chi connectivity index (χ1v) is 10.1. The number of fused-ring (bicyclic) bond motifs is 2. The summed E-state index contributed by atoms with van der Waals surface area (Å²) < 4.78 is 11.5. The van der Waals surface area contributed by atoms with E-state index in [4.69, 9.17) is 9.15 Å². The van der Waals surface area contributed by atoms with Crippen LogP contribution in [-0.4, -0.2) is 36.2 Å². The first-order chi connectivity index (χ1) is 13.9. The molecule has 0 fully saturated rings. The number of aliphatic hydroxyl groups is 1. The summed E-state index contributed by atoms with van der Waals surface area (Å²) in [5, 5.41) is 13.9. The lowest BCUT2D eigenvalue weighted by Crippen LogP contribution is -2.35. The molecular weight excluding hydrogens is 366 g/mol. The van der Waals surface area contributed by atoms with Crippen LogP contribution in [0.25, 0.3) is 22.1 Å². The first-order valence-electron chi connectivity index (χ1n) is 10.1. The summed E-state index contributed by atoms with van der Waals surface area (Å²) >= 11 is 0. The summed E-state index contributed by atoms with van der Waals surface area (Å²) in [6.45, 7) is 8.16. The highest BCUT2D eigenvalue weighted by Gasteiger charge is 2.19. The highest BCUT2D eigenvalue weighted by Crippen LogP contribution is 2.33. The Morgan fingerprint density at radius 3 is 2.28 bits per heavy atom. The minimum atomic E-state index is -0.611. The fourth-order valence-corrected chi connectivity index (χ4v) is 3.17. The molecule has 4 rings (SSSR count). The topological polar surface area (TPSA) is 71.7 Å². The van der Waals surface area contributed by atoms with Gasteiger partial charge < -0.3 is 19.6 Å². The number of rotatable bonds is 8. The van der Waals surface area contributed by atoms with Crippen LogP contribution >= 0.6 is 0 Å². The molecule has 0 bridgehead atoms. The van der Waals surface area contributed by atoms with Gasteiger partial charge in [0.25, 0.3) is 0 Å². The van der Waals surface area contributed by atoms with Gasteiger partial charge in [0, 0.05) is 24.4 Å².